The van der Waals surface area contributed by atoms with Gasteiger partial charge in [0.25, 0.3) is 5.91 Å². The fourth-order valence-corrected chi connectivity index (χ4v) is 2.98. The van der Waals surface area contributed by atoms with E-state index >= 15 is 0 Å². The van der Waals surface area contributed by atoms with E-state index in [4.69, 9.17) is 0 Å². The Hall–Kier alpha value is -1.00. The molecule has 0 heterocycles. The Kier molecular flexibility index (Phi) is 5.28. The molecular weight excluding hydrogens is 258 g/mol. The van der Waals surface area contributed by atoms with Crippen LogP contribution in [0.25, 0.3) is 0 Å². The lowest BCUT2D eigenvalue weighted by Crippen LogP contribution is -2.43. The molecule has 1 fully saturated rings. The van der Waals surface area contributed by atoms with Gasteiger partial charge in [0.05, 0.1) is 6.61 Å². The lowest BCUT2D eigenvalue weighted by atomic mass is 9.93. The first-order valence-electron chi connectivity index (χ1n) is 6.93. The Balaban J connectivity index is 2.15. The van der Waals surface area contributed by atoms with E-state index in [0.29, 0.717) is 12.1 Å². The van der Waals surface area contributed by atoms with Crippen molar-refractivity contribution in [2.75, 3.05) is 13.2 Å². The second-order valence-electron chi connectivity index (χ2n) is 5.06. The summed E-state index contributed by atoms with van der Waals surface area (Å²) >= 11 is 4.28. The van der Waals surface area contributed by atoms with Crippen molar-refractivity contribution >= 4 is 18.5 Å². The summed E-state index contributed by atoms with van der Waals surface area (Å²) in [4.78, 5) is 15.2. The van der Waals surface area contributed by atoms with Crippen LogP contribution in [0.1, 0.15) is 42.5 Å². The number of thiol groups is 1. The van der Waals surface area contributed by atoms with Crippen LogP contribution in [0.3, 0.4) is 0 Å². The first kappa shape index (κ1) is 14.4. The number of carbonyl (C=O) groups is 1. The summed E-state index contributed by atoms with van der Waals surface area (Å²) < 4.78 is 0. The van der Waals surface area contributed by atoms with Gasteiger partial charge >= 0.3 is 0 Å². The molecule has 0 aliphatic heterocycles. The summed E-state index contributed by atoms with van der Waals surface area (Å²) in [6.45, 7) is 0.434. The molecule has 19 heavy (non-hydrogen) atoms. The molecule has 1 saturated carbocycles. The summed E-state index contributed by atoms with van der Waals surface area (Å²) in [5.41, 5.74) is 0.659. The standard InChI is InChI=1S/C15H21NO2S/c17-10-9-16(13-6-2-1-3-7-13)15(18)12-5-4-8-14(19)11-12/h4-5,8,11,13,17,19H,1-3,6-7,9-10H2. The van der Waals surface area contributed by atoms with Crippen molar-refractivity contribution in [3.63, 3.8) is 0 Å². The molecule has 0 aromatic heterocycles. The van der Waals surface area contributed by atoms with Gasteiger partial charge < -0.3 is 10.0 Å². The van der Waals surface area contributed by atoms with Crippen molar-refractivity contribution in [2.45, 2.75) is 43.0 Å². The molecule has 1 amide bonds. The summed E-state index contributed by atoms with van der Waals surface area (Å²) in [7, 11) is 0. The van der Waals surface area contributed by atoms with Crippen LogP contribution in [0.2, 0.25) is 0 Å². The van der Waals surface area contributed by atoms with E-state index in [1.807, 2.05) is 23.1 Å². The van der Waals surface area contributed by atoms with E-state index in [1.165, 1.54) is 19.3 Å². The van der Waals surface area contributed by atoms with Crippen LogP contribution in [-0.2, 0) is 0 Å². The molecule has 1 aromatic rings. The van der Waals surface area contributed by atoms with Crippen LogP contribution >= 0.6 is 12.6 Å². The first-order chi connectivity index (χ1) is 9.22. The van der Waals surface area contributed by atoms with Crippen LogP contribution in [-0.4, -0.2) is 35.1 Å². The lowest BCUT2D eigenvalue weighted by molar-refractivity contribution is 0.0585. The average molecular weight is 279 g/mol. The quantitative estimate of drug-likeness (QED) is 0.832. The molecule has 2 rings (SSSR count). The van der Waals surface area contributed by atoms with Crippen molar-refractivity contribution in [2.24, 2.45) is 0 Å². The average Bonchev–Trinajstić information content (AvgIpc) is 2.45. The number of hydrogen-bond donors (Lipinski definition) is 2. The predicted octanol–water partition coefficient (Wildman–Crippen LogP) is 2.74. The third kappa shape index (κ3) is 3.74. The van der Waals surface area contributed by atoms with Gasteiger partial charge in [0, 0.05) is 23.0 Å². The molecule has 1 N–H and O–H groups in total. The summed E-state index contributed by atoms with van der Waals surface area (Å²) in [5, 5.41) is 9.21. The van der Waals surface area contributed by atoms with Gasteiger partial charge in [0.1, 0.15) is 0 Å². The Labute approximate surface area is 120 Å². The van der Waals surface area contributed by atoms with Crippen molar-refractivity contribution in [1.29, 1.82) is 0 Å². The lowest BCUT2D eigenvalue weighted by Gasteiger charge is -2.34. The number of aliphatic hydroxyl groups excluding tert-OH is 1. The summed E-state index contributed by atoms with van der Waals surface area (Å²) in [6, 6.07) is 7.58. The van der Waals surface area contributed by atoms with E-state index in [1.54, 1.807) is 6.07 Å². The van der Waals surface area contributed by atoms with E-state index in [-0.39, 0.29) is 18.6 Å². The van der Waals surface area contributed by atoms with Crippen molar-refractivity contribution in [3.8, 4) is 0 Å². The van der Waals surface area contributed by atoms with Gasteiger partial charge in [-0.3, -0.25) is 4.79 Å². The maximum Gasteiger partial charge on any atom is 0.254 e. The van der Waals surface area contributed by atoms with E-state index in [9.17, 15) is 9.90 Å². The highest BCUT2D eigenvalue weighted by Gasteiger charge is 2.25. The zero-order valence-electron chi connectivity index (χ0n) is 11.1. The monoisotopic (exact) mass is 279 g/mol. The molecule has 104 valence electrons. The molecule has 1 aliphatic rings. The van der Waals surface area contributed by atoms with Crippen molar-refractivity contribution < 1.29 is 9.90 Å². The molecule has 0 spiro atoms. The van der Waals surface area contributed by atoms with Crippen LogP contribution in [0.15, 0.2) is 29.2 Å². The number of rotatable bonds is 4. The minimum atomic E-state index is 0.0110. The number of carbonyl (C=O) groups excluding carboxylic acids is 1. The van der Waals surface area contributed by atoms with Crippen molar-refractivity contribution in [1.82, 2.24) is 4.90 Å². The SMILES string of the molecule is O=C(c1cccc(S)c1)N(CCO)C1CCCCC1. The highest BCUT2D eigenvalue weighted by atomic mass is 32.1. The topological polar surface area (TPSA) is 40.5 Å². The van der Waals surface area contributed by atoms with Gasteiger partial charge in [-0.05, 0) is 31.0 Å². The number of nitrogens with zero attached hydrogens (tertiary/aromatic N) is 1. The van der Waals surface area contributed by atoms with Gasteiger partial charge in [-0.1, -0.05) is 25.3 Å². The normalized spacial score (nSPS) is 16.3. The van der Waals surface area contributed by atoms with E-state index in [0.717, 1.165) is 17.7 Å². The van der Waals surface area contributed by atoms with Crippen LogP contribution in [0, 0.1) is 0 Å². The summed E-state index contributed by atoms with van der Waals surface area (Å²) in [6.07, 6.45) is 5.70. The van der Waals surface area contributed by atoms with E-state index < -0.39 is 0 Å². The first-order valence-corrected chi connectivity index (χ1v) is 7.38. The molecule has 0 atom stereocenters. The molecule has 4 heteroatoms. The minimum Gasteiger partial charge on any atom is -0.395 e. The maximum atomic E-state index is 12.6. The highest BCUT2D eigenvalue weighted by molar-refractivity contribution is 7.80. The third-order valence-corrected chi connectivity index (χ3v) is 3.99. The van der Waals surface area contributed by atoms with Crippen LogP contribution in [0.4, 0.5) is 0 Å². The number of aliphatic hydroxyl groups is 1. The number of amides is 1. The zero-order chi connectivity index (χ0) is 13.7. The predicted molar refractivity (Wildman–Crippen MR) is 78.7 cm³/mol. The molecule has 3 nitrogen and oxygen atoms in total. The maximum absolute atomic E-state index is 12.6. The third-order valence-electron chi connectivity index (χ3n) is 3.71. The Morgan fingerprint density at radius 2 is 2.05 bits per heavy atom. The van der Waals surface area contributed by atoms with Gasteiger partial charge in [0.15, 0.2) is 0 Å². The Bertz CT molecular complexity index is 430. The largest absolute Gasteiger partial charge is 0.395 e. The molecule has 1 aliphatic carbocycles. The minimum absolute atomic E-state index is 0.0110. The highest BCUT2D eigenvalue weighted by Crippen LogP contribution is 2.24. The zero-order valence-corrected chi connectivity index (χ0v) is 12.0. The van der Waals surface area contributed by atoms with Gasteiger partial charge in [0.2, 0.25) is 0 Å². The van der Waals surface area contributed by atoms with Crippen LogP contribution in [0.5, 0.6) is 0 Å². The van der Waals surface area contributed by atoms with Crippen molar-refractivity contribution in [3.05, 3.63) is 29.8 Å². The van der Waals surface area contributed by atoms with Crippen LogP contribution < -0.4 is 0 Å². The number of hydrogen-bond acceptors (Lipinski definition) is 3. The molecule has 0 saturated heterocycles. The smallest absolute Gasteiger partial charge is 0.254 e. The van der Waals surface area contributed by atoms with E-state index in [2.05, 4.69) is 12.6 Å². The summed E-state index contributed by atoms with van der Waals surface area (Å²) in [5.74, 6) is 0.0110. The van der Waals surface area contributed by atoms with Gasteiger partial charge in [-0.15, -0.1) is 12.6 Å². The second-order valence-corrected chi connectivity index (χ2v) is 5.58. The molecule has 0 bridgehead atoms. The molecule has 0 unspecified atom stereocenters. The van der Waals surface area contributed by atoms with Gasteiger partial charge in [-0.2, -0.15) is 0 Å². The Morgan fingerprint density at radius 1 is 1.32 bits per heavy atom. The molecule has 1 aromatic carbocycles. The second kappa shape index (κ2) is 6.96. The molecule has 0 radical (unpaired) electrons. The Morgan fingerprint density at radius 3 is 2.68 bits per heavy atom. The fraction of sp³-hybridized carbons (Fsp3) is 0.533. The number of benzene rings is 1. The molecular formula is C15H21NO2S. The fourth-order valence-electron chi connectivity index (χ4n) is 2.76. The van der Waals surface area contributed by atoms with Gasteiger partial charge in [-0.25, -0.2) is 0 Å².